The van der Waals surface area contributed by atoms with Gasteiger partial charge in [0.1, 0.15) is 6.07 Å². The van der Waals surface area contributed by atoms with Crippen LogP contribution in [0.3, 0.4) is 0 Å². The fraction of sp³-hybridized carbons (Fsp3) is 0.771. The molecule has 7 atom stereocenters. The van der Waals surface area contributed by atoms with E-state index in [0.29, 0.717) is 11.7 Å². The first kappa shape index (κ1) is 28.5. The van der Waals surface area contributed by atoms with Crippen molar-refractivity contribution in [2.75, 3.05) is 7.05 Å². The lowest BCUT2D eigenvalue weighted by Gasteiger charge is -2.69. The van der Waals surface area contributed by atoms with Crippen molar-refractivity contribution < 1.29 is 9.59 Å². The second-order valence-corrected chi connectivity index (χ2v) is 16.1. The second kappa shape index (κ2) is 8.74. The van der Waals surface area contributed by atoms with E-state index in [2.05, 4.69) is 52.6 Å². The first-order chi connectivity index (χ1) is 18.0. The van der Waals surface area contributed by atoms with E-state index in [0.717, 1.165) is 38.5 Å². The molecule has 5 rings (SSSR count). The van der Waals surface area contributed by atoms with Crippen molar-refractivity contribution in [3.05, 3.63) is 23.3 Å². The molecule has 3 fully saturated rings. The van der Waals surface area contributed by atoms with Crippen molar-refractivity contribution in [3.8, 4) is 6.07 Å². The molecule has 3 saturated carbocycles. The number of fused-ring (bicyclic) bond motifs is 7. The molecule has 0 saturated heterocycles. The van der Waals surface area contributed by atoms with Crippen LogP contribution in [0.2, 0.25) is 0 Å². The average Bonchev–Trinajstić information content (AvgIpc) is 2.86. The van der Waals surface area contributed by atoms with E-state index in [1.807, 2.05) is 33.0 Å². The van der Waals surface area contributed by atoms with Crippen LogP contribution in [0, 0.1) is 61.6 Å². The summed E-state index contributed by atoms with van der Waals surface area (Å²) in [6, 6.07) is 2.22. The average molecular weight is 531 g/mol. The third-order valence-corrected chi connectivity index (χ3v) is 13.4. The van der Waals surface area contributed by atoms with Gasteiger partial charge in [-0.15, -0.1) is 0 Å². The van der Waals surface area contributed by atoms with Gasteiger partial charge >= 0.3 is 0 Å². The Morgan fingerprint density at radius 3 is 2.33 bits per heavy atom. The number of nitriles is 1. The molecule has 5 aliphatic carbocycles. The highest BCUT2D eigenvalue weighted by atomic mass is 16.1. The summed E-state index contributed by atoms with van der Waals surface area (Å²) in [5.74, 6) is 0.763. The van der Waals surface area contributed by atoms with Gasteiger partial charge in [-0.25, -0.2) is 0 Å². The van der Waals surface area contributed by atoms with Gasteiger partial charge in [0, 0.05) is 29.5 Å². The third kappa shape index (κ3) is 3.77. The summed E-state index contributed by atoms with van der Waals surface area (Å²) >= 11 is 0. The number of allylic oxidation sites excluding steroid dienone is 4. The number of hydrogen-bond donors (Lipinski definition) is 0. The molecule has 0 aromatic carbocycles. The highest BCUT2D eigenvalue weighted by Gasteiger charge is 2.69. The molecule has 4 nitrogen and oxygen atoms in total. The van der Waals surface area contributed by atoms with E-state index in [-0.39, 0.29) is 44.9 Å². The summed E-state index contributed by atoms with van der Waals surface area (Å²) in [5.41, 5.74) is 1.77. The topological polar surface area (TPSA) is 70.3 Å². The molecule has 0 spiro atoms. The number of Topliss-reactive ketones (excluding diaryl/α,β-unsaturated/α-hetero) is 1. The second-order valence-electron chi connectivity index (χ2n) is 16.1. The lowest BCUT2D eigenvalue weighted by atomic mass is 9.34. The van der Waals surface area contributed by atoms with Gasteiger partial charge < -0.3 is 0 Å². The molecule has 4 heteroatoms. The van der Waals surface area contributed by atoms with Gasteiger partial charge in [-0.3, -0.25) is 14.6 Å². The zero-order valence-electron chi connectivity index (χ0n) is 26.0. The Hall–Kier alpha value is -2.02. The number of hydrogen-bond acceptors (Lipinski definition) is 4. The van der Waals surface area contributed by atoms with Gasteiger partial charge in [-0.05, 0) is 104 Å². The Morgan fingerprint density at radius 1 is 1.03 bits per heavy atom. The van der Waals surface area contributed by atoms with Gasteiger partial charge in [0.2, 0.25) is 0 Å². The van der Waals surface area contributed by atoms with Crippen LogP contribution >= 0.6 is 0 Å². The molecule has 39 heavy (non-hydrogen) atoms. The molecule has 5 aliphatic rings. The van der Waals surface area contributed by atoms with E-state index in [1.165, 1.54) is 30.5 Å². The summed E-state index contributed by atoms with van der Waals surface area (Å²) in [6.07, 6.45) is 13.9. The van der Waals surface area contributed by atoms with Gasteiger partial charge in [-0.1, -0.05) is 60.1 Å². The minimum absolute atomic E-state index is 0.0243. The SMILES string of the molecule is CN=C(C)CC[C@]12CCC(C)(C)C[C@H]1[C@H]1C(=O)C=C3[C@@]4(C)C=C(C#N)C(=O)C(C)(C)[C@@H]4CC[C@@]3(C)[C@]1(C)CC2. The molecule has 0 unspecified atom stereocenters. The van der Waals surface area contributed by atoms with Crippen LogP contribution in [0.15, 0.2) is 28.3 Å². The fourth-order valence-corrected chi connectivity index (χ4v) is 10.7. The lowest BCUT2D eigenvalue weighted by molar-refractivity contribution is -0.172. The molecule has 0 amide bonds. The molecule has 0 N–H and O–H groups in total. The van der Waals surface area contributed by atoms with Gasteiger partial charge in [0.05, 0.1) is 5.57 Å². The molecule has 212 valence electrons. The normalized spacial score (nSPS) is 44.6. The maximum atomic E-state index is 14.6. The van der Waals surface area contributed by atoms with Gasteiger partial charge in [0.25, 0.3) is 0 Å². The van der Waals surface area contributed by atoms with Crippen molar-refractivity contribution >= 4 is 17.3 Å². The van der Waals surface area contributed by atoms with Crippen LogP contribution in [0.4, 0.5) is 0 Å². The molecular formula is C35H50N2O2. The highest BCUT2D eigenvalue weighted by Crippen LogP contribution is 2.75. The van der Waals surface area contributed by atoms with Gasteiger partial charge in [-0.2, -0.15) is 5.26 Å². The van der Waals surface area contributed by atoms with E-state index in [4.69, 9.17) is 0 Å². The molecule has 0 bridgehead atoms. The summed E-state index contributed by atoms with van der Waals surface area (Å²) in [7, 11) is 1.90. The molecule has 0 aromatic rings. The largest absolute Gasteiger partial charge is 0.298 e. The van der Waals surface area contributed by atoms with Crippen LogP contribution in [0.25, 0.3) is 0 Å². The van der Waals surface area contributed by atoms with E-state index >= 15 is 0 Å². The molecule has 0 heterocycles. The quantitative estimate of drug-likeness (QED) is 0.346. The summed E-state index contributed by atoms with van der Waals surface area (Å²) < 4.78 is 0. The molecule has 0 radical (unpaired) electrons. The number of carbonyl (C=O) groups is 2. The van der Waals surface area contributed by atoms with Crippen LogP contribution in [-0.2, 0) is 9.59 Å². The highest BCUT2D eigenvalue weighted by molar-refractivity contribution is 6.04. The van der Waals surface area contributed by atoms with E-state index < -0.39 is 10.8 Å². The first-order valence-corrected chi connectivity index (χ1v) is 15.4. The Morgan fingerprint density at radius 2 is 1.69 bits per heavy atom. The van der Waals surface area contributed by atoms with Crippen molar-refractivity contribution in [1.82, 2.24) is 0 Å². The zero-order valence-corrected chi connectivity index (χ0v) is 26.0. The van der Waals surface area contributed by atoms with Crippen molar-refractivity contribution in [1.29, 1.82) is 5.26 Å². The standard InChI is InChI=1S/C35H50N2O2/c1-22(37-9)10-13-35-16-14-30(2,3)20-24(35)28-25(38)18-27-32(6)19-23(21-36)29(39)31(4,5)26(32)11-12-33(27,7)34(28,8)15-17-35/h18-19,24,26,28H,10-17,20H2,1-9H3/t24-,26-,28-,32-,33+,34+,35+/m0/s1. The lowest BCUT2D eigenvalue weighted by Crippen LogP contribution is -2.64. The maximum Gasteiger partial charge on any atom is 0.178 e. The van der Waals surface area contributed by atoms with Crippen LogP contribution < -0.4 is 0 Å². The van der Waals surface area contributed by atoms with E-state index in [9.17, 15) is 14.9 Å². The van der Waals surface area contributed by atoms with Crippen molar-refractivity contribution in [2.24, 2.45) is 55.2 Å². The molecule has 0 aliphatic heterocycles. The zero-order chi connectivity index (χ0) is 28.8. The summed E-state index contributed by atoms with van der Waals surface area (Å²) in [6.45, 7) is 18.1. The monoisotopic (exact) mass is 530 g/mol. The van der Waals surface area contributed by atoms with Crippen LogP contribution in [0.1, 0.15) is 113 Å². The van der Waals surface area contributed by atoms with Crippen molar-refractivity contribution in [3.63, 3.8) is 0 Å². The smallest absolute Gasteiger partial charge is 0.178 e. The number of rotatable bonds is 3. The number of aliphatic imine (C=N–C) groups is 1. The van der Waals surface area contributed by atoms with Crippen LogP contribution in [0.5, 0.6) is 0 Å². The summed E-state index contributed by atoms with van der Waals surface area (Å²) in [5, 5.41) is 9.93. The summed E-state index contributed by atoms with van der Waals surface area (Å²) in [4.78, 5) is 32.3. The Bertz CT molecular complexity index is 1240. The number of ketones is 2. The molecule has 0 aromatic heterocycles. The Labute approximate surface area is 236 Å². The molecular weight excluding hydrogens is 480 g/mol. The maximum absolute atomic E-state index is 14.6. The number of nitrogens with zero attached hydrogens (tertiary/aromatic N) is 2. The number of carbonyl (C=O) groups excluding carboxylic acids is 2. The minimum atomic E-state index is -0.620. The fourth-order valence-electron chi connectivity index (χ4n) is 10.7. The third-order valence-electron chi connectivity index (χ3n) is 13.4. The first-order valence-electron chi connectivity index (χ1n) is 15.4. The van der Waals surface area contributed by atoms with Crippen molar-refractivity contribution in [2.45, 2.75) is 113 Å². The minimum Gasteiger partial charge on any atom is -0.298 e. The predicted octanol–water partition coefficient (Wildman–Crippen LogP) is 8.08. The van der Waals surface area contributed by atoms with Crippen LogP contribution in [-0.4, -0.2) is 24.3 Å². The predicted molar refractivity (Wildman–Crippen MR) is 157 cm³/mol. The Balaban J connectivity index is 1.65. The Kier molecular flexibility index (Phi) is 6.39. The van der Waals surface area contributed by atoms with Gasteiger partial charge in [0.15, 0.2) is 11.6 Å². The van der Waals surface area contributed by atoms with E-state index in [1.54, 1.807) is 0 Å².